The molecule has 0 saturated carbocycles. The molecule has 1 heterocycles. The maximum Gasteiger partial charge on any atom is 0.337 e. The summed E-state index contributed by atoms with van der Waals surface area (Å²) in [6, 6.07) is 20.0. The molecule has 0 radical (unpaired) electrons. The van der Waals surface area contributed by atoms with Gasteiger partial charge >= 0.3 is 5.97 Å². The molecule has 0 unspecified atom stereocenters. The molecular weight excluding hydrogens is 356 g/mol. The molecule has 0 aliphatic heterocycles. The Morgan fingerprint density at radius 1 is 0.929 bits per heavy atom. The van der Waals surface area contributed by atoms with Gasteiger partial charge in [-0.2, -0.15) is 0 Å². The van der Waals surface area contributed by atoms with Crippen molar-refractivity contribution in [3.05, 3.63) is 83.6 Å². The van der Waals surface area contributed by atoms with Gasteiger partial charge in [-0.05, 0) is 48.4 Å². The molecule has 3 aromatic rings. The van der Waals surface area contributed by atoms with Gasteiger partial charge in [0.25, 0.3) is 5.91 Å². The van der Waals surface area contributed by atoms with Crippen molar-refractivity contribution in [2.24, 2.45) is 0 Å². The van der Waals surface area contributed by atoms with Crippen LogP contribution >= 0.6 is 0 Å². The largest absolute Gasteiger partial charge is 0.465 e. The number of amides is 1. The zero-order chi connectivity index (χ0) is 19.8. The summed E-state index contributed by atoms with van der Waals surface area (Å²) in [4.78, 5) is 23.6. The smallest absolute Gasteiger partial charge is 0.337 e. The standard InChI is InChI=1S/C21H20N4O3/c1-28-21(27)16-7-9-17(10-8-16)23-19-12-11-18(24-25-19)20(26)22-14-13-15-5-3-2-4-6-15/h2-12H,13-14H2,1H3,(H,22,26)(H,23,25). The normalized spacial score (nSPS) is 10.2. The third kappa shape index (κ3) is 5.14. The van der Waals surface area contributed by atoms with Crippen molar-refractivity contribution in [3.8, 4) is 0 Å². The third-order valence-corrected chi connectivity index (χ3v) is 4.02. The number of carbonyl (C=O) groups is 2. The number of nitrogens with zero attached hydrogens (tertiary/aromatic N) is 2. The summed E-state index contributed by atoms with van der Waals surface area (Å²) in [5.74, 6) is -0.168. The predicted molar refractivity (Wildman–Crippen MR) is 106 cm³/mol. The number of nitrogens with one attached hydrogen (secondary N) is 2. The van der Waals surface area contributed by atoms with Crippen LogP contribution < -0.4 is 10.6 Å². The van der Waals surface area contributed by atoms with E-state index in [9.17, 15) is 9.59 Å². The van der Waals surface area contributed by atoms with Crippen molar-refractivity contribution in [2.75, 3.05) is 19.0 Å². The fraction of sp³-hybridized carbons (Fsp3) is 0.143. The number of esters is 1. The van der Waals surface area contributed by atoms with Gasteiger partial charge in [0.05, 0.1) is 12.7 Å². The van der Waals surface area contributed by atoms with E-state index in [-0.39, 0.29) is 11.6 Å². The maximum absolute atomic E-state index is 12.2. The fourth-order valence-electron chi connectivity index (χ4n) is 2.53. The summed E-state index contributed by atoms with van der Waals surface area (Å²) in [5.41, 5.74) is 2.61. The van der Waals surface area contributed by atoms with Crippen LogP contribution in [0.4, 0.5) is 11.5 Å². The van der Waals surface area contributed by atoms with E-state index < -0.39 is 5.97 Å². The van der Waals surface area contributed by atoms with Crippen LogP contribution in [-0.2, 0) is 11.2 Å². The number of aromatic nitrogens is 2. The monoisotopic (exact) mass is 376 g/mol. The number of carbonyl (C=O) groups excluding carboxylic acids is 2. The Hall–Kier alpha value is -3.74. The lowest BCUT2D eigenvalue weighted by Gasteiger charge is -2.07. The summed E-state index contributed by atoms with van der Waals surface area (Å²) in [6.45, 7) is 0.525. The Morgan fingerprint density at radius 2 is 1.68 bits per heavy atom. The van der Waals surface area contributed by atoms with Crippen molar-refractivity contribution < 1.29 is 14.3 Å². The lowest BCUT2D eigenvalue weighted by atomic mass is 10.1. The topological polar surface area (TPSA) is 93.2 Å². The van der Waals surface area contributed by atoms with Crippen LogP contribution in [0.1, 0.15) is 26.4 Å². The highest BCUT2D eigenvalue weighted by Gasteiger charge is 2.08. The Kier molecular flexibility index (Phi) is 6.30. The first kappa shape index (κ1) is 19.0. The van der Waals surface area contributed by atoms with E-state index in [0.717, 1.165) is 17.7 Å². The zero-order valence-electron chi connectivity index (χ0n) is 15.4. The van der Waals surface area contributed by atoms with Gasteiger partial charge < -0.3 is 15.4 Å². The quantitative estimate of drug-likeness (QED) is 0.616. The van der Waals surface area contributed by atoms with E-state index in [1.807, 2.05) is 30.3 Å². The first-order chi connectivity index (χ1) is 13.7. The molecule has 142 valence electrons. The van der Waals surface area contributed by atoms with E-state index in [1.165, 1.54) is 7.11 Å². The number of benzene rings is 2. The molecule has 0 bridgehead atoms. The van der Waals surface area contributed by atoms with Crippen molar-refractivity contribution in [2.45, 2.75) is 6.42 Å². The van der Waals surface area contributed by atoms with E-state index in [2.05, 4.69) is 25.6 Å². The number of rotatable bonds is 7. The van der Waals surface area contributed by atoms with Crippen LogP contribution in [0.15, 0.2) is 66.7 Å². The van der Waals surface area contributed by atoms with Crippen molar-refractivity contribution in [1.82, 2.24) is 15.5 Å². The molecule has 0 aliphatic rings. The maximum atomic E-state index is 12.2. The second-order valence-corrected chi connectivity index (χ2v) is 5.99. The van der Waals surface area contributed by atoms with E-state index in [1.54, 1.807) is 36.4 Å². The number of ether oxygens (including phenoxy) is 1. The van der Waals surface area contributed by atoms with Crippen LogP contribution in [0.25, 0.3) is 0 Å². The van der Waals surface area contributed by atoms with Gasteiger partial charge in [0.15, 0.2) is 11.5 Å². The van der Waals surface area contributed by atoms with Gasteiger partial charge in [-0.1, -0.05) is 30.3 Å². The highest BCUT2D eigenvalue weighted by Crippen LogP contribution is 2.15. The minimum Gasteiger partial charge on any atom is -0.465 e. The van der Waals surface area contributed by atoms with Crippen molar-refractivity contribution >= 4 is 23.4 Å². The molecule has 1 amide bonds. The average molecular weight is 376 g/mol. The Balaban J connectivity index is 1.52. The summed E-state index contributed by atoms with van der Waals surface area (Å²) >= 11 is 0. The molecule has 28 heavy (non-hydrogen) atoms. The van der Waals surface area contributed by atoms with Gasteiger partial charge in [0.1, 0.15) is 0 Å². The Labute approximate surface area is 162 Å². The predicted octanol–water partition coefficient (Wildman–Crippen LogP) is 2.98. The minimum atomic E-state index is -0.394. The number of hydrogen-bond donors (Lipinski definition) is 2. The lowest BCUT2D eigenvalue weighted by Crippen LogP contribution is -2.26. The summed E-state index contributed by atoms with van der Waals surface area (Å²) in [6.07, 6.45) is 0.751. The number of hydrogen-bond acceptors (Lipinski definition) is 6. The van der Waals surface area contributed by atoms with Gasteiger partial charge in [-0.25, -0.2) is 4.79 Å². The first-order valence-corrected chi connectivity index (χ1v) is 8.77. The molecule has 0 atom stereocenters. The molecule has 7 nitrogen and oxygen atoms in total. The zero-order valence-corrected chi connectivity index (χ0v) is 15.4. The van der Waals surface area contributed by atoms with Crippen LogP contribution in [0.2, 0.25) is 0 Å². The number of methoxy groups -OCH3 is 1. The van der Waals surface area contributed by atoms with Crippen LogP contribution in [0.3, 0.4) is 0 Å². The molecule has 7 heteroatoms. The Bertz CT molecular complexity index is 926. The minimum absolute atomic E-state index is 0.250. The second kappa shape index (κ2) is 9.27. The van der Waals surface area contributed by atoms with Crippen molar-refractivity contribution in [3.63, 3.8) is 0 Å². The SMILES string of the molecule is COC(=O)c1ccc(Nc2ccc(C(=O)NCCc3ccccc3)nn2)cc1. The molecule has 1 aromatic heterocycles. The van der Waals surface area contributed by atoms with E-state index >= 15 is 0 Å². The van der Waals surface area contributed by atoms with Crippen molar-refractivity contribution in [1.29, 1.82) is 0 Å². The van der Waals surface area contributed by atoms with Crippen LogP contribution in [-0.4, -0.2) is 35.7 Å². The van der Waals surface area contributed by atoms with Crippen LogP contribution in [0, 0.1) is 0 Å². The molecule has 2 N–H and O–H groups in total. The molecular formula is C21H20N4O3. The first-order valence-electron chi connectivity index (χ1n) is 8.77. The molecule has 0 aliphatic carbocycles. The molecule has 0 spiro atoms. The lowest BCUT2D eigenvalue weighted by molar-refractivity contribution is 0.0600. The van der Waals surface area contributed by atoms with Gasteiger partial charge in [-0.3, -0.25) is 4.79 Å². The highest BCUT2D eigenvalue weighted by molar-refractivity contribution is 5.92. The summed E-state index contributed by atoms with van der Waals surface area (Å²) < 4.78 is 4.66. The molecule has 3 rings (SSSR count). The average Bonchev–Trinajstić information content (AvgIpc) is 2.75. The Morgan fingerprint density at radius 3 is 2.32 bits per heavy atom. The van der Waals surface area contributed by atoms with Gasteiger partial charge in [0, 0.05) is 12.2 Å². The molecule has 2 aromatic carbocycles. The fourth-order valence-corrected chi connectivity index (χ4v) is 2.53. The second-order valence-electron chi connectivity index (χ2n) is 5.99. The third-order valence-electron chi connectivity index (χ3n) is 4.02. The summed E-state index contributed by atoms with van der Waals surface area (Å²) in [5, 5.41) is 13.9. The van der Waals surface area contributed by atoms with Gasteiger partial charge in [0.2, 0.25) is 0 Å². The van der Waals surface area contributed by atoms with E-state index in [0.29, 0.717) is 17.9 Å². The van der Waals surface area contributed by atoms with Crippen LogP contribution in [0.5, 0.6) is 0 Å². The van der Waals surface area contributed by atoms with E-state index in [4.69, 9.17) is 0 Å². The number of anilines is 2. The highest BCUT2D eigenvalue weighted by atomic mass is 16.5. The molecule has 0 saturated heterocycles. The molecule has 0 fully saturated rings. The summed E-state index contributed by atoms with van der Waals surface area (Å²) in [7, 11) is 1.34. The van der Waals surface area contributed by atoms with Gasteiger partial charge in [-0.15, -0.1) is 10.2 Å².